The molecule has 0 bridgehead atoms. The van der Waals surface area contributed by atoms with Crippen LogP contribution in [-0.2, 0) is 15.0 Å². The van der Waals surface area contributed by atoms with Crippen molar-refractivity contribution in [3.05, 3.63) is 52.0 Å². The Morgan fingerprint density at radius 2 is 1.84 bits per heavy atom. The molecule has 2 aliphatic rings. The molecule has 0 radical (unpaired) electrons. The Labute approximate surface area is 230 Å². The van der Waals surface area contributed by atoms with E-state index in [-0.39, 0.29) is 17.2 Å². The zero-order chi connectivity index (χ0) is 26.7. The number of benzene rings is 1. The molecular formula is C28H37Cl2N5O2. The number of carbonyl (C=O) groups is 2. The molecular weight excluding hydrogens is 509 g/mol. The lowest BCUT2D eigenvalue weighted by Gasteiger charge is -2.44. The molecule has 0 spiro atoms. The number of carbonyl (C=O) groups excluding carboxylic acids is 2. The highest BCUT2D eigenvalue weighted by molar-refractivity contribution is 6.42. The minimum absolute atomic E-state index is 0.0900. The van der Waals surface area contributed by atoms with E-state index in [1.807, 2.05) is 66.2 Å². The summed E-state index contributed by atoms with van der Waals surface area (Å²) in [4.78, 5) is 37.9. The topological polar surface area (TPSA) is 60.0 Å². The predicted octanol–water partition coefficient (Wildman–Crippen LogP) is 4.85. The second-order valence-electron chi connectivity index (χ2n) is 10.6. The third kappa shape index (κ3) is 6.21. The van der Waals surface area contributed by atoms with E-state index < -0.39 is 0 Å². The van der Waals surface area contributed by atoms with Crippen LogP contribution in [0.3, 0.4) is 0 Å². The number of amides is 2. The van der Waals surface area contributed by atoms with Crippen molar-refractivity contribution >= 4 is 46.7 Å². The first-order valence-electron chi connectivity index (χ1n) is 13.0. The third-order valence-electron chi connectivity index (χ3n) is 8.07. The van der Waals surface area contributed by atoms with Crippen LogP contribution in [0.5, 0.6) is 0 Å². The molecule has 2 saturated heterocycles. The van der Waals surface area contributed by atoms with Crippen LogP contribution in [0, 0.1) is 0 Å². The van der Waals surface area contributed by atoms with Crippen molar-refractivity contribution in [2.45, 2.75) is 50.5 Å². The molecule has 37 heavy (non-hydrogen) atoms. The third-order valence-corrected chi connectivity index (χ3v) is 8.81. The van der Waals surface area contributed by atoms with Crippen molar-refractivity contribution in [2.75, 3.05) is 57.1 Å². The van der Waals surface area contributed by atoms with Gasteiger partial charge in [-0.05, 0) is 62.1 Å². The normalized spacial score (nSPS) is 21.2. The van der Waals surface area contributed by atoms with E-state index in [9.17, 15) is 9.59 Å². The van der Waals surface area contributed by atoms with Crippen LogP contribution in [0.4, 0.5) is 11.6 Å². The van der Waals surface area contributed by atoms with Gasteiger partial charge in [0, 0.05) is 65.6 Å². The van der Waals surface area contributed by atoms with E-state index >= 15 is 0 Å². The molecule has 3 heterocycles. The molecule has 2 aliphatic heterocycles. The average Bonchev–Trinajstić information content (AvgIpc) is 2.90. The van der Waals surface area contributed by atoms with Gasteiger partial charge in [-0.15, -0.1) is 0 Å². The number of hydrogen-bond donors (Lipinski definition) is 0. The molecule has 2 aromatic rings. The number of likely N-dealkylation sites (tertiary alicyclic amines) is 1. The van der Waals surface area contributed by atoms with Gasteiger partial charge in [-0.25, -0.2) is 4.98 Å². The van der Waals surface area contributed by atoms with Crippen molar-refractivity contribution in [3.63, 3.8) is 0 Å². The first-order valence-corrected chi connectivity index (χ1v) is 13.7. The number of pyridine rings is 1. The summed E-state index contributed by atoms with van der Waals surface area (Å²) in [6.45, 7) is 4.98. The summed E-state index contributed by atoms with van der Waals surface area (Å²) in [6, 6.07) is 12.0. The molecule has 2 fully saturated rings. The zero-order valence-corrected chi connectivity index (χ0v) is 23.7. The summed E-state index contributed by atoms with van der Waals surface area (Å²) in [5.41, 5.74) is 0.833. The standard InChI is InChI=1S/C28H37Cl2N5O2/c1-20(36)33(4)22-11-15-34(16-12-22)17-14-28(21-8-9-23(29)24(30)18-21)13-10-27(37)35(19-28)26-7-5-6-25(31-26)32(2)3/h5-9,18,22H,10-17,19H2,1-4H3/t28-/m1/s1. The van der Waals surface area contributed by atoms with Gasteiger partial charge in [0.25, 0.3) is 0 Å². The predicted molar refractivity (Wildman–Crippen MR) is 151 cm³/mol. The molecule has 0 unspecified atom stereocenters. The summed E-state index contributed by atoms with van der Waals surface area (Å²) in [5, 5.41) is 1.06. The molecule has 0 aliphatic carbocycles. The van der Waals surface area contributed by atoms with Crippen molar-refractivity contribution < 1.29 is 9.59 Å². The fraction of sp³-hybridized carbons (Fsp3) is 0.536. The highest BCUT2D eigenvalue weighted by atomic mass is 35.5. The van der Waals surface area contributed by atoms with E-state index in [1.54, 1.807) is 6.92 Å². The van der Waals surface area contributed by atoms with Gasteiger partial charge in [0.15, 0.2) is 0 Å². The van der Waals surface area contributed by atoms with Gasteiger partial charge in [0.1, 0.15) is 11.6 Å². The maximum Gasteiger partial charge on any atom is 0.228 e. The molecule has 1 aromatic carbocycles. The molecule has 7 nitrogen and oxygen atoms in total. The fourth-order valence-corrected chi connectivity index (χ4v) is 5.84. The molecule has 1 atom stereocenters. The van der Waals surface area contributed by atoms with Crippen LogP contribution in [0.15, 0.2) is 36.4 Å². The number of piperidine rings is 2. The first kappa shape index (κ1) is 27.7. The van der Waals surface area contributed by atoms with Gasteiger partial charge in [-0.2, -0.15) is 0 Å². The second kappa shape index (κ2) is 11.6. The lowest BCUT2D eigenvalue weighted by molar-refractivity contribution is -0.130. The summed E-state index contributed by atoms with van der Waals surface area (Å²) >= 11 is 12.8. The summed E-state index contributed by atoms with van der Waals surface area (Å²) < 4.78 is 0. The Morgan fingerprint density at radius 3 is 2.49 bits per heavy atom. The summed E-state index contributed by atoms with van der Waals surface area (Å²) in [7, 11) is 5.79. The second-order valence-corrected chi connectivity index (χ2v) is 11.4. The number of anilines is 2. The minimum Gasteiger partial charge on any atom is -0.363 e. The Hall–Kier alpha value is -2.35. The number of aromatic nitrogens is 1. The van der Waals surface area contributed by atoms with Gasteiger partial charge in [0.05, 0.1) is 10.0 Å². The van der Waals surface area contributed by atoms with E-state index in [0.717, 1.165) is 56.7 Å². The zero-order valence-electron chi connectivity index (χ0n) is 22.2. The van der Waals surface area contributed by atoms with E-state index in [4.69, 9.17) is 28.2 Å². The first-order chi connectivity index (χ1) is 17.6. The molecule has 9 heteroatoms. The molecule has 2 amide bonds. The molecule has 200 valence electrons. The van der Waals surface area contributed by atoms with Crippen LogP contribution in [0.1, 0.15) is 44.6 Å². The number of hydrogen-bond acceptors (Lipinski definition) is 5. The van der Waals surface area contributed by atoms with Crippen LogP contribution >= 0.6 is 23.2 Å². The van der Waals surface area contributed by atoms with Crippen LogP contribution in [0.25, 0.3) is 0 Å². The van der Waals surface area contributed by atoms with Crippen molar-refractivity contribution in [2.24, 2.45) is 0 Å². The van der Waals surface area contributed by atoms with E-state index in [0.29, 0.717) is 34.9 Å². The molecule has 0 N–H and O–H groups in total. The van der Waals surface area contributed by atoms with Gasteiger partial charge in [0.2, 0.25) is 11.8 Å². The van der Waals surface area contributed by atoms with Crippen LogP contribution < -0.4 is 9.80 Å². The molecule has 1 aromatic heterocycles. The fourth-order valence-electron chi connectivity index (χ4n) is 5.54. The Balaban J connectivity index is 1.57. The average molecular weight is 547 g/mol. The molecule has 4 rings (SSSR count). The lowest BCUT2D eigenvalue weighted by Crippen LogP contribution is -2.51. The van der Waals surface area contributed by atoms with E-state index in [1.165, 1.54) is 0 Å². The summed E-state index contributed by atoms with van der Waals surface area (Å²) in [5.74, 6) is 1.70. The SMILES string of the molecule is CC(=O)N(C)C1CCN(CC[C@]2(c3ccc(Cl)c(Cl)c3)CCC(=O)N(c3cccc(N(C)C)n3)C2)CC1. The Bertz CT molecular complexity index is 1140. The van der Waals surface area contributed by atoms with Crippen LogP contribution in [0.2, 0.25) is 10.0 Å². The van der Waals surface area contributed by atoms with Gasteiger partial charge < -0.3 is 14.7 Å². The van der Waals surface area contributed by atoms with Gasteiger partial charge in [-0.3, -0.25) is 14.5 Å². The lowest BCUT2D eigenvalue weighted by atomic mass is 9.71. The largest absolute Gasteiger partial charge is 0.363 e. The van der Waals surface area contributed by atoms with Gasteiger partial charge in [-0.1, -0.05) is 35.3 Å². The van der Waals surface area contributed by atoms with Crippen molar-refractivity contribution in [1.82, 2.24) is 14.8 Å². The Kier molecular flexibility index (Phi) is 8.66. The maximum atomic E-state index is 13.2. The number of halogens is 2. The maximum absolute atomic E-state index is 13.2. The van der Waals surface area contributed by atoms with Crippen molar-refractivity contribution in [3.8, 4) is 0 Å². The smallest absolute Gasteiger partial charge is 0.228 e. The van der Waals surface area contributed by atoms with Crippen molar-refractivity contribution in [1.29, 1.82) is 0 Å². The monoisotopic (exact) mass is 545 g/mol. The Morgan fingerprint density at radius 1 is 1.11 bits per heavy atom. The highest BCUT2D eigenvalue weighted by Gasteiger charge is 2.41. The minimum atomic E-state index is -0.273. The quantitative estimate of drug-likeness (QED) is 0.497. The highest BCUT2D eigenvalue weighted by Crippen LogP contribution is 2.41. The van der Waals surface area contributed by atoms with E-state index in [2.05, 4.69) is 11.0 Å². The number of rotatable bonds is 7. The number of nitrogens with zero attached hydrogens (tertiary/aromatic N) is 5. The van der Waals surface area contributed by atoms with Crippen LogP contribution in [-0.4, -0.2) is 80.0 Å². The molecule has 0 saturated carbocycles. The van der Waals surface area contributed by atoms with Gasteiger partial charge >= 0.3 is 0 Å². The summed E-state index contributed by atoms with van der Waals surface area (Å²) in [6.07, 6.45) is 4.02.